The summed E-state index contributed by atoms with van der Waals surface area (Å²) in [5.41, 5.74) is 2.82. The zero-order valence-corrected chi connectivity index (χ0v) is 20.8. The van der Waals surface area contributed by atoms with Crippen molar-refractivity contribution in [3.63, 3.8) is 0 Å². The summed E-state index contributed by atoms with van der Waals surface area (Å²) in [4.78, 5) is 12.4. The van der Waals surface area contributed by atoms with Gasteiger partial charge in [-0.15, -0.1) is 0 Å². The largest absolute Gasteiger partial charge is 0.497 e. The topological polar surface area (TPSA) is 123 Å². The van der Waals surface area contributed by atoms with Crippen molar-refractivity contribution < 1.29 is 26.4 Å². The number of carbonyl (C=O) groups excluding carboxylic acids is 1. The van der Waals surface area contributed by atoms with Crippen molar-refractivity contribution in [1.82, 2.24) is 9.83 Å². The first kappa shape index (κ1) is 25.4. The minimum Gasteiger partial charge on any atom is -0.497 e. The van der Waals surface area contributed by atoms with Crippen LogP contribution in [0.15, 0.2) is 63.6 Å². The Hall–Kier alpha value is -3.18. The SMILES string of the molecule is CCCS(=O)(=O)c1c(S(=O)(=O)CCC)c2ccccn2c1C(=O)NN=Cc1cccc(OC)c1. The fraction of sp³-hybridized carbons (Fsp3) is 0.304. The van der Waals surface area contributed by atoms with Crippen LogP contribution in [0.3, 0.4) is 0 Å². The van der Waals surface area contributed by atoms with E-state index in [0.717, 1.165) is 0 Å². The molecule has 0 aliphatic rings. The average Bonchev–Trinajstić information content (AvgIpc) is 3.16. The molecule has 0 bridgehead atoms. The molecule has 1 aromatic carbocycles. The smallest absolute Gasteiger partial charge is 0.289 e. The average molecular weight is 506 g/mol. The lowest BCUT2D eigenvalue weighted by atomic mass is 10.2. The quantitative estimate of drug-likeness (QED) is 0.334. The Morgan fingerprint density at radius 1 is 1.00 bits per heavy atom. The van der Waals surface area contributed by atoms with Crippen LogP contribution < -0.4 is 10.2 Å². The molecular weight excluding hydrogens is 478 g/mol. The predicted molar refractivity (Wildman–Crippen MR) is 130 cm³/mol. The van der Waals surface area contributed by atoms with Gasteiger partial charge in [0.05, 0.1) is 30.3 Å². The second-order valence-corrected chi connectivity index (χ2v) is 11.7. The van der Waals surface area contributed by atoms with E-state index in [1.807, 2.05) is 0 Å². The van der Waals surface area contributed by atoms with E-state index in [2.05, 4.69) is 10.5 Å². The van der Waals surface area contributed by atoms with Crippen LogP contribution in [0.5, 0.6) is 5.75 Å². The van der Waals surface area contributed by atoms with Gasteiger partial charge in [0.15, 0.2) is 19.7 Å². The maximum absolute atomic E-state index is 13.3. The minimum absolute atomic E-state index is 0.132. The highest BCUT2D eigenvalue weighted by atomic mass is 32.2. The minimum atomic E-state index is -4.10. The lowest BCUT2D eigenvalue weighted by Crippen LogP contribution is -2.23. The second kappa shape index (κ2) is 10.4. The molecule has 0 radical (unpaired) electrons. The van der Waals surface area contributed by atoms with Crippen LogP contribution in [0.2, 0.25) is 0 Å². The van der Waals surface area contributed by atoms with Crippen molar-refractivity contribution in [1.29, 1.82) is 0 Å². The van der Waals surface area contributed by atoms with Crippen LogP contribution >= 0.6 is 0 Å². The molecule has 0 aliphatic carbocycles. The molecular formula is C23H27N3O6S2. The van der Waals surface area contributed by atoms with Gasteiger partial charge in [-0.3, -0.25) is 4.79 Å². The number of methoxy groups -OCH3 is 1. The third-order valence-corrected chi connectivity index (χ3v) is 9.09. The Morgan fingerprint density at radius 2 is 1.68 bits per heavy atom. The van der Waals surface area contributed by atoms with Gasteiger partial charge < -0.3 is 9.14 Å². The summed E-state index contributed by atoms with van der Waals surface area (Å²) in [7, 11) is -6.55. The molecule has 3 rings (SSSR count). The van der Waals surface area contributed by atoms with E-state index >= 15 is 0 Å². The molecule has 1 amide bonds. The lowest BCUT2D eigenvalue weighted by molar-refractivity contribution is 0.0945. The molecule has 0 saturated carbocycles. The van der Waals surface area contributed by atoms with Crippen molar-refractivity contribution in [2.24, 2.45) is 5.10 Å². The summed E-state index contributed by atoms with van der Waals surface area (Å²) in [5, 5.41) is 3.94. The highest BCUT2D eigenvalue weighted by Crippen LogP contribution is 2.34. The molecule has 2 aromatic heterocycles. The molecule has 0 fully saturated rings. The van der Waals surface area contributed by atoms with E-state index in [-0.39, 0.29) is 34.0 Å². The molecule has 0 aliphatic heterocycles. The summed E-state index contributed by atoms with van der Waals surface area (Å²) in [6.45, 7) is 3.36. The van der Waals surface area contributed by atoms with Gasteiger partial charge >= 0.3 is 0 Å². The van der Waals surface area contributed by atoms with E-state index in [1.54, 1.807) is 50.2 Å². The van der Waals surface area contributed by atoms with Crippen LogP contribution in [0.4, 0.5) is 0 Å². The Labute approximate surface area is 199 Å². The zero-order valence-electron chi connectivity index (χ0n) is 19.2. The number of ether oxygens (including phenoxy) is 1. The zero-order chi connectivity index (χ0) is 24.9. The Bertz CT molecular complexity index is 1440. The molecule has 0 unspecified atom stereocenters. The van der Waals surface area contributed by atoms with Crippen LogP contribution in [-0.2, 0) is 19.7 Å². The first-order chi connectivity index (χ1) is 16.2. The molecule has 0 atom stereocenters. The highest BCUT2D eigenvalue weighted by Gasteiger charge is 2.36. The molecule has 2 heterocycles. The molecule has 11 heteroatoms. The summed E-state index contributed by atoms with van der Waals surface area (Å²) < 4.78 is 59.3. The lowest BCUT2D eigenvalue weighted by Gasteiger charge is -2.08. The maximum atomic E-state index is 13.3. The number of pyridine rings is 1. The van der Waals surface area contributed by atoms with Crippen LogP contribution in [-0.4, -0.2) is 52.0 Å². The number of amides is 1. The fourth-order valence-electron chi connectivity index (χ4n) is 3.64. The van der Waals surface area contributed by atoms with Gasteiger partial charge in [0.25, 0.3) is 5.91 Å². The number of rotatable bonds is 10. The summed E-state index contributed by atoms with van der Waals surface area (Å²) in [6, 6.07) is 11.6. The normalized spacial score (nSPS) is 12.3. The predicted octanol–water partition coefficient (Wildman–Crippen LogP) is 3.08. The summed E-state index contributed by atoms with van der Waals surface area (Å²) >= 11 is 0. The van der Waals surface area contributed by atoms with Crippen molar-refractivity contribution in [2.45, 2.75) is 36.5 Å². The van der Waals surface area contributed by atoms with Gasteiger partial charge in [0, 0.05) is 6.20 Å². The van der Waals surface area contributed by atoms with Gasteiger partial charge in [0.1, 0.15) is 21.2 Å². The van der Waals surface area contributed by atoms with Gasteiger partial charge in [-0.25, -0.2) is 22.3 Å². The molecule has 0 spiro atoms. The van der Waals surface area contributed by atoms with Gasteiger partial charge in [-0.05, 0) is 42.7 Å². The van der Waals surface area contributed by atoms with Gasteiger partial charge in [0.2, 0.25) is 0 Å². The molecule has 3 aromatic rings. The number of nitrogens with one attached hydrogen (secondary N) is 1. The fourth-order valence-corrected chi connectivity index (χ4v) is 7.62. The third-order valence-electron chi connectivity index (χ3n) is 5.01. The second-order valence-electron chi connectivity index (χ2n) is 7.58. The monoisotopic (exact) mass is 505 g/mol. The maximum Gasteiger partial charge on any atom is 0.289 e. The molecule has 34 heavy (non-hydrogen) atoms. The van der Waals surface area contributed by atoms with Gasteiger partial charge in [-0.2, -0.15) is 5.10 Å². The van der Waals surface area contributed by atoms with E-state index in [1.165, 1.54) is 30.0 Å². The van der Waals surface area contributed by atoms with E-state index < -0.39 is 30.5 Å². The number of benzene rings is 1. The van der Waals surface area contributed by atoms with Crippen LogP contribution in [0, 0.1) is 0 Å². The number of aromatic nitrogens is 1. The number of hydrazone groups is 1. The molecule has 182 valence electrons. The Morgan fingerprint density at radius 3 is 2.32 bits per heavy atom. The summed E-state index contributed by atoms with van der Waals surface area (Å²) in [6.07, 6.45) is 3.40. The van der Waals surface area contributed by atoms with Crippen molar-refractivity contribution >= 4 is 37.3 Å². The van der Waals surface area contributed by atoms with Crippen molar-refractivity contribution in [3.8, 4) is 5.75 Å². The number of hydrogen-bond donors (Lipinski definition) is 1. The molecule has 0 saturated heterocycles. The highest BCUT2D eigenvalue weighted by molar-refractivity contribution is 7.94. The third kappa shape index (κ3) is 5.15. The number of hydrogen-bond acceptors (Lipinski definition) is 7. The standard InChI is InChI=1S/C23H27N3O6S2/c1-4-13-33(28,29)21-19-11-6-7-12-26(19)20(22(21)34(30,31)14-5-2)23(27)25-24-16-17-9-8-10-18(15-17)32-3/h6-12,15-16H,4-5,13-14H2,1-3H3,(H,25,27). The Balaban J connectivity index is 2.18. The van der Waals surface area contributed by atoms with Crippen LogP contribution in [0.25, 0.3) is 5.52 Å². The molecule has 9 nitrogen and oxygen atoms in total. The van der Waals surface area contributed by atoms with E-state index in [9.17, 15) is 21.6 Å². The summed E-state index contributed by atoms with van der Waals surface area (Å²) in [5.74, 6) is -0.781. The van der Waals surface area contributed by atoms with E-state index in [0.29, 0.717) is 17.7 Å². The first-order valence-electron chi connectivity index (χ1n) is 10.7. The molecule has 1 N–H and O–H groups in total. The first-order valence-corrected chi connectivity index (χ1v) is 14.0. The number of nitrogens with zero attached hydrogens (tertiary/aromatic N) is 2. The number of fused-ring (bicyclic) bond motifs is 1. The van der Waals surface area contributed by atoms with Crippen molar-refractivity contribution in [2.75, 3.05) is 18.6 Å². The van der Waals surface area contributed by atoms with Crippen molar-refractivity contribution in [3.05, 3.63) is 59.9 Å². The Kier molecular flexibility index (Phi) is 7.78. The number of sulfone groups is 2. The van der Waals surface area contributed by atoms with Crippen LogP contribution in [0.1, 0.15) is 42.7 Å². The number of carbonyl (C=O) groups is 1. The van der Waals surface area contributed by atoms with E-state index in [4.69, 9.17) is 4.74 Å². The van der Waals surface area contributed by atoms with Gasteiger partial charge in [-0.1, -0.05) is 32.0 Å².